The first-order valence-electron chi connectivity index (χ1n) is 8.04. The van der Waals surface area contributed by atoms with Crippen LogP contribution in [0, 0.1) is 19.8 Å². The first-order chi connectivity index (χ1) is 10.5. The molecule has 4 heteroatoms. The van der Waals surface area contributed by atoms with Crippen LogP contribution in [-0.2, 0) is 16.0 Å². The second-order valence-corrected chi connectivity index (χ2v) is 5.71. The maximum atomic E-state index is 11.5. The minimum atomic E-state index is 0.00797. The molecule has 0 aliphatic carbocycles. The van der Waals surface area contributed by atoms with E-state index in [-0.39, 0.29) is 11.8 Å². The molecule has 22 heavy (non-hydrogen) atoms. The molecule has 1 N–H and O–H groups in total. The highest BCUT2D eigenvalue weighted by Crippen LogP contribution is 2.24. The smallest absolute Gasteiger partial charge is 0.222 e. The fourth-order valence-corrected chi connectivity index (χ4v) is 2.14. The van der Waals surface area contributed by atoms with E-state index >= 15 is 0 Å². The molecule has 1 aromatic carbocycles. The van der Waals surface area contributed by atoms with E-state index in [1.165, 1.54) is 11.1 Å². The van der Waals surface area contributed by atoms with Gasteiger partial charge in [-0.25, -0.2) is 0 Å². The summed E-state index contributed by atoms with van der Waals surface area (Å²) in [7, 11) is 0. The largest absolute Gasteiger partial charge is 0.491 e. The van der Waals surface area contributed by atoms with Crippen molar-refractivity contribution < 1.29 is 14.3 Å². The molecule has 0 aliphatic rings. The summed E-state index contributed by atoms with van der Waals surface area (Å²) in [5.74, 6) is 0.952. The molecule has 0 saturated carbocycles. The van der Waals surface area contributed by atoms with Crippen LogP contribution in [0.1, 0.15) is 37.5 Å². The lowest BCUT2D eigenvalue weighted by Gasteiger charge is -2.15. The summed E-state index contributed by atoms with van der Waals surface area (Å²) < 4.78 is 11.2. The summed E-state index contributed by atoms with van der Waals surface area (Å²) >= 11 is 0. The van der Waals surface area contributed by atoms with Gasteiger partial charge >= 0.3 is 0 Å². The summed E-state index contributed by atoms with van der Waals surface area (Å²) in [6.45, 7) is 12.5. The van der Waals surface area contributed by atoms with Crippen LogP contribution in [0.5, 0.6) is 5.75 Å². The van der Waals surface area contributed by atoms with Gasteiger partial charge in [-0.15, -0.1) is 0 Å². The molecule has 0 aliphatic heterocycles. The first-order valence-corrected chi connectivity index (χ1v) is 8.04. The highest BCUT2D eigenvalue weighted by atomic mass is 16.5. The van der Waals surface area contributed by atoms with E-state index in [0.29, 0.717) is 13.2 Å². The summed E-state index contributed by atoms with van der Waals surface area (Å²) in [6.07, 6.45) is 0.922. The molecule has 1 aromatic rings. The van der Waals surface area contributed by atoms with Crippen LogP contribution in [0.4, 0.5) is 0 Å². The van der Waals surface area contributed by atoms with Crippen LogP contribution in [0.15, 0.2) is 12.1 Å². The maximum Gasteiger partial charge on any atom is 0.222 e. The molecule has 0 bridgehead atoms. The summed E-state index contributed by atoms with van der Waals surface area (Å²) in [5.41, 5.74) is 3.71. The van der Waals surface area contributed by atoms with Crippen molar-refractivity contribution in [1.82, 2.24) is 5.32 Å². The molecule has 124 valence electrons. The molecule has 1 rings (SSSR count). The summed E-state index contributed by atoms with van der Waals surface area (Å²) in [6, 6.07) is 4.11. The van der Waals surface area contributed by atoms with Gasteiger partial charge < -0.3 is 14.8 Å². The minimum Gasteiger partial charge on any atom is -0.491 e. The quantitative estimate of drug-likeness (QED) is 0.713. The molecule has 0 saturated heterocycles. The van der Waals surface area contributed by atoms with Gasteiger partial charge in [0.15, 0.2) is 0 Å². The molecule has 0 atom stereocenters. The predicted octanol–water partition coefficient (Wildman–Crippen LogP) is 3.03. The first kappa shape index (κ1) is 18.5. The van der Waals surface area contributed by atoms with Gasteiger partial charge in [0.25, 0.3) is 0 Å². The monoisotopic (exact) mass is 307 g/mol. The Bertz CT molecular complexity index is 483. The van der Waals surface area contributed by atoms with Crippen molar-refractivity contribution in [1.29, 1.82) is 0 Å². The zero-order valence-corrected chi connectivity index (χ0v) is 14.5. The molecule has 1 amide bonds. The number of ether oxygens (including phenoxy) is 2. The van der Waals surface area contributed by atoms with Gasteiger partial charge in [0.2, 0.25) is 5.91 Å². The van der Waals surface area contributed by atoms with Crippen molar-refractivity contribution in [3.63, 3.8) is 0 Å². The Labute approximate surface area is 134 Å². The van der Waals surface area contributed by atoms with Crippen molar-refractivity contribution >= 4 is 5.91 Å². The molecule has 4 nitrogen and oxygen atoms in total. The molecule has 0 unspecified atom stereocenters. The number of carbonyl (C=O) groups is 1. The van der Waals surface area contributed by atoms with Crippen LogP contribution in [0.2, 0.25) is 0 Å². The molecule has 0 fully saturated rings. The highest BCUT2D eigenvalue weighted by Gasteiger charge is 2.08. The van der Waals surface area contributed by atoms with Gasteiger partial charge in [0.1, 0.15) is 12.4 Å². The Balaban J connectivity index is 2.51. The number of carbonyl (C=O) groups excluding carboxylic acids is 1. The van der Waals surface area contributed by atoms with Gasteiger partial charge in [-0.05, 0) is 49.9 Å². The molecule has 0 aromatic heterocycles. The van der Waals surface area contributed by atoms with Gasteiger partial charge in [-0.2, -0.15) is 0 Å². The van der Waals surface area contributed by atoms with Crippen LogP contribution < -0.4 is 10.1 Å². The van der Waals surface area contributed by atoms with Crippen molar-refractivity contribution in [2.45, 2.75) is 41.0 Å². The number of rotatable bonds is 9. The van der Waals surface area contributed by atoms with E-state index in [1.807, 2.05) is 26.8 Å². The zero-order valence-electron chi connectivity index (χ0n) is 14.5. The fraction of sp³-hybridized carbons (Fsp3) is 0.611. The number of hydrogen-bond donors (Lipinski definition) is 1. The standard InChI is InChI=1S/C18H29NO3/c1-6-21-11-9-16-7-8-17(15(5)14(16)4)22-12-10-19-18(20)13(2)3/h7-8,13H,6,9-12H2,1-5H3,(H,19,20). The summed E-state index contributed by atoms with van der Waals surface area (Å²) in [4.78, 5) is 11.5. The van der Waals surface area contributed by atoms with E-state index in [9.17, 15) is 4.79 Å². The van der Waals surface area contributed by atoms with E-state index in [0.717, 1.165) is 30.9 Å². The van der Waals surface area contributed by atoms with Crippen LogP contribution in [0.25, 0.3) is 0 Å². The van der Waals surface area contributed by atoms with E-state index in [4.69, 9.17) is 9.47 Å². The van der Waals surface area contributed by atoms with Crippen molar-refractivity contribution in [3.8, 4) is 5.75 Å². The third kappa shape index (κ3) is 5.68. The van der Waals surface area contributed by atoms with Gasteiger partial charge in [0.05, 0.1) is 13.2 Å². The minimum absolute atomic E-state index is 0.00797. The van der Waals surface area contributed by atoms with Gasteiger partial charge in [-0.1, -0.05) is 19.9 Å². The van der Waals surface area contributed by atoms with Gasteiger partial charge in [0, 0.05) is 12.5 Å². The Morgan fingerprint density at radius 2 is 1.91 bits per heavy atom. The van der Waals surface area contributed by atoms with E-state index in [2.05, 4.69) is 25.2 Å². The average molecular weight is 307 g/mol. The number of amides is 1. The maximum absolute atomic E-state index is 11.5. The Morgan fingerprint density at radius 1 is 1.18 bits per heavy atom. The van der Waals surface area contributed by atoms with Crippen molar-refractivity contribution in [2.24, 2.45) is 5.92 Å². The molecule has 0 radical (unpaired) electrons. The lowest BCUT2D eigenvalue weighted by atomic mass is 10.0. The van der Waals surface area contributed by atoms with Crippen LogP contribution in [0.3, 0.4) is 0 Å². The number of hydrogen-bond acceptors (Lipinski definition) is 3. The molecule has 0 heterocycles. The van der Waals surface area contributed by atoms with Crippen LogP contribution >= 0.6 is 0 Å². The summed E-state index contributed by atoms with van der Waals surface area (Å²) in [5, 5.41) is 2.85. The SMILES string of the molecule is CCOCCc1ccc(OCCNC(=O)C(C)C)c(C)c1C. The average Bonchev–Trinajstić information content (AvgIpc) is 2.49. The Kier molecular flexibility index (Phi) is 7.96. The number of nitrogens with one attached hydrogen (secondary N) is 1. The Morgan fingerprint density at radius 3 is 2.55 bits per heavy atom. The predicted molar refractivity (Wildman–Crippen MR) is 89.5 cm³/mol. The Hall–Kier alpha value is -1.55. The molecular weight excluding hydrogens is 278 g/mol. The van der Waals surface area contributed by atoms with E-state index < -0.39 is 0 Å². The fourth-order valence-electron chi connectivity index (χ4n) is 2.14. The lowest BCUT2D eigenvalue weighted by Crippen LogP contribution is -2.31. The van der Waals surface area contributed by atoms with Crippen LogP contribution in [-0.4, -0.2) is 32.3 Å². The number of benzene rings is 1. The van der Waals surface area contributed by atoms with Gasteiger partial charge in [-0.3, -0.25) is 4.79 Å². The molecule has 0 spiro atoms. The second-order valence-electron chi connectivity index (χ2n) is 5.71. The molecular formula is C18H29NO3. The highest BCUT2D eigenvalue weighted by molar-refractivity contribution is 5.77. The lowest BCUT2D eigenvalue weighted by molar-refractivity contribution is -0.124. The third-order valence-corrected chi connectivity index (χ3v) is 3.75. The van der Waals surface area contributed by atoms with E-state index in [1.54, 1.807) is 0 Å². The third-order valence-electron chi connectivity index (χ3n) is 3.75. The van der Waals surface area contributed by atoms with Crippen molar-refractivity contribution in [3.05, 3.63) is 28.8 Å². The second kappa shape index (κ2) is 9.46. The topological polar surface area (TPSA) is 47.6 Å². The normalized spacial score (nSPS) is 10.8. The van der Waals surface area contributed by atoms with Crippen molar-refractivity contribution in [2.75, 3.05) is 26.4 Å². The zero-order chi connectivity index (χ0) is 16.5.